The van der Waals surface area contributed by atoms with Gasteiger partial charge < -0.3 is 20.4 Å². The van der Waals surface area contributed by atoms with Crippen LogP contribution in [0.15, 0.2) is 18.2 Å². The molecule has 1 aliphatic carbocycles. The third-order valence-corrected chi connectivity index (χ3v) is 3.18. The maximum absolute atomic E-state index is 11.8. The molecule has 1 aliphatic rings. The number of nitrogens with one attached hydrogen (secondary N) is 1. The summed E-state index contributed by atoms with van der Waals surface area (Å²) in [5.74, 6) is -1.02. The Labute approximate surface area is 106 Å². The molecule has 5 nitrogen and oxygen atoms in total. The summed E-state index contributed by atoms with van der Waals surface area (Å²) in [4.78, 5) is 14.0. The first-order valence-corrected chi connectivity index (χ1v) is 6.09. The van der Waals surface area contributed by atoms with E-state index in [-0.39, 0.29) is 23.0 Å². The fraction of sp³-hybridized carbons (Fsp3) is 0.462. The van der Waals surface area contributed by atoms with Crippen LogP contribution in [0.5, 0.6) is 11.5 Å². The maximum Gasteiger partial charge on any atom is 0.255 e. The molecular weight excluding hydrogens is 232 g/mol. The van der Waals surface area contributed by atoms with Crippen molar-refractivity contribution in [3.63, 3.8) is 0 Å². The second-order valence-corrected chi connectivity index (χ2v) is 4.64. The van der Waals surface area contributed by atoms with Crippen LogP contribution in [0.2, 0.25) is 0 Å². The van der Waals surface area contributed by atoms with Crippen LogP contribution < -0.4 is 5.32 Å². The average Bonchev–Trinajstić information content (AvgIpc) is 3.16. The molecule has 2 rings (SSSR count). The molecule has 0 heterocycles. The highest BCUT2D eigenvalue weighted by Gasteiger charge is 2.25. The lowest BCUT2D eigenvalue weighted by Crippen LogP contribution is -2.33. The van der Waals surface area contributed by atoms with Gasteiger partial charge in [-0.1, -0.05) is 6.07 Å². The van der Waals surface area contributed by atoms with Gasteiger partial charge >= 0.3 is 0 Å². The minimum Gasteiger partial charge on any atom is -0.504 e. The van der Waals surface area contributed by atoms with E-state index in [1.54, 1.807) is 0 Å². The van der Waals surface area contributed by atoms with E-state index in [0.717, 1.165) is 6.54 Å². The average molecular weight is 250 g/mol. The fourth-order valence-electron chi connectivity index (χ4n) is 1.85. The van der Waals surface area contributed by atoms with Gasteiger partial charge in [0, 0.05) is 19.1 Å². The van der Waals surface area contributed by atoms with Gasteiger partial charge in [-0.25, -0.2) is 0 Å². The Morgan fingerprint density at radius 2 is 2.17 bits per heavy atom. The predicted octanol–water partition coefficient (Wildman–Crippen LogP) is 0.922. The van der Waals surface area contributed by atoms with E-state index < -0.39 is 0 Å². The van der Waals surface area contributed by atoms with Gasteiger partial charge in [0.25, 0.3) is 5.91 Å². The molecule has 1 fully saturated rings. The number of rotatable bonds is 5. The summed E-state index contributed by atoms with van der Waals surface area (Å²) in [6, 6.07) is 5.01. The second-order valence-electron chi connectivity index (χ2n) is 4.64. The minimum absolute atomic E-state index is 0.101. The number of hydrogen-bond donors (Lipinski definition) is 3. The Balaban J connectivity index is 1.85. The summed E-state index contributed by atoms with van der Waals surface area (Å²) in [5, 5.41) is 21.6. The van der Waals surface area contributed by atoms with Gasteiger partial charge in [0.2, 0.25) is 0 Å². The van der Waals surface area contributed by atoms with Gasteiger partial charge in [0.1, 0.15) is 0 Å². The molecule has 0 aromatic heterocycles. The van der Waals surface area contributed by atoms with E-state index in [9.17, 15) is 15.0 Å². The smallest absolute Gasteiger partial charge is 0.255 e. The van der Waals surface area contributed by atoms with Crippen molar-refractivity contribution in [2.24, 2.45) is 0 Å². The Kier molecular flexibility index (Phi) is 3.72. The molecule has 18 heavy (non-hydrogen) atoms. The molecule has 1 aromatic rings. The van der Waals surface area contributed by atoms with Crippen LogP contribution in [-0.4, -0.2) is 47.2 Å². The van der Waals surface area contributed by atoms with Crippen molar-refractivity contribution < 1.29 is 15.0 Å². The zero-order valence-corrected chi connectivity index (χ0v) is 10.4. The molecule has 98 valence electrons. The van der Waals surface area contributed by atoms with Gasteiger partial charge in [-0.15, -0.1) is 0 Å². The third kappa shape index (κ3) is 2.92. The summed E-state index contributed by atoms with van der Waals surface area (Å²) in [6.07, 6.45) is 2.47. The highest BCUT2D eigenvalue weighted by Crippen LogP contribution is 2.28. The fourth-order valence-corrected chi connectivity index (χ4v) is 1.85. The highest BCUT2D eigenvalue weighted by atomic mass is 16.3. The van der Waals surface area contributed by atoms with Crippen LogP contribution in [0, 0.1) is 0 Å². The Bertz CT molecular complexity index is 444. The van der Waals surface area contributed by atoms with Crippen molar-refractivity contribution in [3.8, 4) is 11.5 Å². The summed E-state index contributed by atoms with van der Waals surface area (Å²) < 4.78 is 0. The van der Waals surface area contributed by atoms with Crippen molar-refractivity contribution in [3.05, 3.63) is 23.8 Å². The number of likely N-dealkylation sites (N-methyl/N-ethyl adjacent to an activating group) is 1. The molecule has 1 saturated carbocycles. The molecule has 5 heteroatoms. The van der Waals surface area contributed by atoms with Crippen molar-refractivity contribution >= 4 is 5.91 Å². The Morgan fingerprint density at radius 1 is 1.44 bits per heavy atom. The first kappa shape index (κ1) is 12.7. The summed E-state index contributed by atoms with van der Waals surface area (Å²) in [7, 11) is 2.04. The lowest BCUT2D eigenvalue weighted by atomic mass is 10.1. The summed E-state index contributed by atoms with van der Waals surface area (Å²) in [5.41, 5.74) is 0.101. The number of nitrogens with zero attached hydrogens (tertiary/aromatic N) is 1. The van der Waals surface area contributed by atoms with E-state index in [4.69, 9.17) is 0 Å². The summed E-state index contributed by atoms with van der Waals surface area (Å²) >= 11 is 0. The van der Waals surface area contributed by atoms with Crippen molar-refractivity contribution in [1.29, 1.82) is 0 Å². The van der Waals surface area contributed by atoms with E-state index in [0.29, 0.717) is 12.6 Å². The van der Waals surface area contributed by atoms with Crippen LogP contribution >= 0.6 is 0 Å². The number of aromatic hydroxyl groups is 2. The number of amides is 1. The lowest BCUT2D eigenvalue weighted by Gasteiger charge is -2.15. The van der Waals surface area contributed by atoms with E-state index in [1.807, 2.05) is 7.05 Å². The molecule has 0 atom stereocenters. The topological polar surface area (TPSA) is 72.8 Å². The van der Waals surface area contributed by atoms with Crippen LogP contribution in [0.3, 0.4) is 0 Å². The molecule has 1 amide bonds. The monoisotopic (exact) mass is 250 g/mol. The number of carbonyl (C=O) groups excluding carboxylic acids is 1. The molecule has 0 saturated heterocycles. The highest BCUT2D eigenvalue weighted by molar-refractivity contribution is 5.97. The van der Waals surface area contributed by atoms with Crippen LogP contribution in [-0.2, 0) is 0 Å². The molecule has 0 aliphatic heterocycles. The van der Waals surface area contributed by atoms with E-state index in [2.05, 4.69) is 10.2 Å². The van der Waals surface area contributed by atoms with E-state index >= 15 is 0 Å². The van der Waals surface area contributed by atoms with Crippen LogP contribution in [0.1, 0.15) is 23.2 Å². The molecule has 0 unspecified atom stereocenters. The van der Waals surface area contributed by atoms with Gasteiger partial charge in [0.05, 0.1) is 5.56 Å². The first-order valence-electron chi connectivity index (χ1n) is 6.09. The Hall–Kier alpha value is -1.75. The molecule has 0 bridgehead atoms. The number of phenols is 2. The quantitative estimate of drug-likeness (QED) is 0.679. The zero-order chi connectivity index (χ0) is 13.1. The predicted molar refractivity (Wildman–Crippen MR) is 67.8 cm³/mol. The summed E-state index contributed by atoms with van der Waals surface area (Å²) in [6.45, 7) is 1.32. The SMILES string of the molecule is CN(CCNC(=O)c1cccc(O)c1O)C1CC1. The lowest BCUT2D eigenvalue weighted by molar-refractivity contribution is 0.0946. The largest absolute Gasteiger partial charge is 0.504 e. The number of hydrogen-bond acceptors (Lipinski definition) is 4. The number of phenolic OH excluding ortho intramolecular Hbond substituents is 2. The molecule has 1 aromatic carbocycles. The molecular formula is C13H18N2O3. The van der Waals surface area contributed by atoms with Gasteiger partial charge in [-0.3, -0.25) is 4.79 Å². The Morgan fingerprint density at radius 3 is 2.83 bits per heavy atom. The maximum atomic E-state index is 11.8. The zero-order valence-electron chi connectivity index (χ0n) is 10.4. The number of para-hydroxylation sites is 1. The number of carbonyl (C=O) groups is 1. The molecule has 3 N–H and O–H groups in total. The van der Waals surface area contributed by atoms with E-state index in [1.165, 1.54) is 31.0 Å². The van der Waals surface area contributed by atoms with Gasteiger partial charge in [-0.2, -0.15) is 0 Å². The van der Waals surface area contributed by atoms with Gasteiger partial charge in [0.15, 0.2) is 11.5 Å². The van der Waals surface area contributed by atoms with Crippen molar-refractivity contribution in [1.82, 2.24) is 10.2 Å². The van der Waals surface area contributed by atoms with Crippen molar-refractivity contribution in [2.45, 2.75) is 18.9 Å². The van der Waals surface area contributed by atoms with Crippen LogP contribution in [0.25, 0.3) is 0 Å². The third-order valence-electron chi connectivity index (χ3n) is 3.18. The standard InChI is InChI=1S/C13H18N2O3/c1-15(9-5-6-9)8-7-14-13(18)10-3-2-4-11(16)12(10)17/h2-4,9,16-17H,5-8H2,1H3,(H,14,18). The molecule has 0 spiro atoms. The molecule has 0 radical (unpaired) electrons. The first-order chi connectivity index (χ1) is 8.59. The minimum atomic E-state index is -0.370. The second kappa shape index (κ2) is 5.27. The normalized spacial score (nSPS) is 14.8. The van der Waals surface area contributed by atoms with Crippen molar-refractivity contribution in [2.75, 3.05) is 20.1 Å². The van der Waals surface area contributed by atoms with Crippen LogP contribution in [0.4, 0.5) is 0 Å². The number of benzene rings is 1. The van der Waals surface area contributed by atoms with Gasteiger partial charge in [-0.05, 0) is 32.0 Å².